The summed E-state index contributed by atoms with van der Waals surface area (Å²) in [6.07, 6.45) is 2.94. The Bertz CT molecular complexity index is 1020. The predicted molar refractivity (Wildman–Crippen MR) is 115 cm³/mol. The molecule has 2 aromatic carbocycles. The van der Waals surface area contributed by atoms with Gasteiger partial charge in [-0.2, -0.15) is 8.78 Å². The first kappa shape index (κ1) is 22.2. The van der Waals surface area contributed by atoms with Crippen LogP contribution in [0.1, 0.15) is 30.0 Å². The smallest absolute Gasteiger partial charge is 0.387 e. The largest absolute Gasteiger partial charge is 0.435 e. The van der Waals surface area contributed by atoms with E-state index in [9.17, 15) is 17.2 Å². The van der Waals surface area contributed by atoms with Crippen molar-refractivity contribution < 1.29 is 21.9 Å². The lowest BCUT2D eigenvalue weighted by Crippen LogP contribution is -2.35. The molecule has 0 heterocycles. The Kier molecular flexibility index (Phi) is 6.77. The molecule has 0 saturated carbocycles. The zero-order chi connectivity index (χ0) is 21.9. The maximum absolute atomic E-state index is 12.8. The summed E-state index contributed by atoms with van der Waals surface area (Å²) in [5.74, 6) is 0.0792. The van der Waals surface area contributed by atoms with Gasteiger partial charge < -0.3 is 9.64 Å². The van der Waals surface area contributed by atoms with Crippen molar-refractivity contribution in [3.05, 3.63) is 64.1 Å². The fraction of sp³-hybridized carbons (Fsp3) is 0.364. The molecule has 1 unspecified atom stereocenters. The van der Waals surface area contributed by atoms with E-state index in [0.717, 1.165) is 16.8 Å². The van der Waals surface area contributed by atoms with Gasteiger partial charge in [-0.15, -0.1) is 0 Å². The lowest BCUT2D eigenvalue weighted by atomic mass is 9.97. The zero-order valence-corrected chi connectivity index (χ0v) is 18.0. The number of sulfonamides is 1. The van der Waals surface area contributed by atoms with E-state index < -0.39 is 16.6 Å². The molecule has 8 heteroatoms. The molecule has 0 aromatic heterocycles. The average molecular weight is 437 g/mol. The van der Waals surface area contributed by atoms with E-state index in [1.54, 1.807) is 12.1 Å². The SMILES string of the molecule is CC(Cc1ccc(N(C)C)cc1)NS(=O)(=O)C1=Cc2ccc(OC(F)F)cc2CC1. The van der Waals surface area contributed by atoms with Crippen LogP contribution in [0.2, 0.25) is 0 Å². The molecule has 0 bridgehead atoms. The molecule has 0 spiro atoms. The average Bonchev–Trinajstić information content (AvgIpc) is 2.67. The van der Waals surface area contributed by atoms with Crippen LogP contribution in [0.15, 0.2) is 47.4 Å². The Morgan fingerprint density at radius 1 is 1.10 bits per heavy atom. The molecule has 1 N–H and O–H groups in total. The van der Waals surface area contributed by atoms with Crippen molar-refractivity contribution in [2.24, 2.45) is 0 Å². The number of nitrogens with zero attached hydrogens (tertiary/aromatic N) is 1. The first-order valence-electron chi connectivity index (χ1n) is 9.71. The number of hydrogen-bond acceptors (Lipinski definition) is 4. The van der Waals surface area contributed by atoms with E-state index in [1.165, 1.54) is 12.1 Å². The summed E-state index contributed by atoms with van der Waals surface area (Å²) in [6.45, 7) is -1.05. The van der Waals surface area contributed by atoms with Crippen molar-refractivity contribution in [1.82, 2.24) is 4.72 Å². The number of alkyl halides is 2. The number of anilines is 1. The number of nitrogens with one attached hydrogen (secondary N) is 1. The molecule has 30 heavy (non-hydrogen) atoms. The third-order valence-corrected chi connectivity index (χ3v) is 6.72. The molecule has 162 valence electrons. The lowest BCUT2D eigenvalue weighted by molar-refractivity contribution is -0.0498. The first-order valence-corrected chi connectivity index (χ1v) is 11.2. The molecule has 1 atom stereocenters. The number of aryl methyl sites for hydroxylation is 1. The van der Waals surface area contributed by atoms with Crippen LogP contribution < -0.4 is 14.4 Å². The highest BCUT2D eigenvalue weighted by molar-refractivity contribution is 7.93. The van der Waals surface area contributed by atoms with Gasteiger partial charge in [-0.3, -0.25) is 0 Å². The minimum atomic E-state index is -3.64. The van der Waals surface area contributed by atoms with Crippen molar-refractivity contribution in [2.45, 2.75) is 38.8 Å². The predicted octanol–water partition coefficient (Wildman–Crippen LogP) is 4.19. The van der Waals surface area contributed by atoms with E-state index in [-0.39, 0.29) is 11.8 Å². The van der Waals surface area contributed by atoms with Crippen LogP contribution in [0, 0.1) is 0 Å². The third-order valence-electron chi connectivity index (χ3n) is 4.99. The Labute approximate surface area is 176 Å². The van der Waals surface area contributed by atoms with Gasteiger partial charge in [-0.25, -0.2) is 13.1 Å². The fourth-order valence-electron chi connectivity index (χ4n) is 3.50. The number of fused-ring (bicyclic) bond motifs is 1. The Balaban J connectivity index is 1.68. The molecule has 1 aliphatic rings. The van der Waals surface area contributed by atoms with Crippen LogP contribution in [0.25, 0.3) is 6.08 Å². The Morgan fingerprint density at radius 2 is 1.80 bits per heavy atom. The number of allylic oxidation sites excluding steroid dienone is 1. The van der Waals surface area contributed by atoms with Gasteiger partial charge in [0.25, 0.3) is 0 Å². The molecule has 3 rings (SSSR count). The molecule has 0 radical (unpaired) electrons. The summed E-state index contributed by atoms with van der Waals surface area (Å²) in [5, 5.41) is 0. The summed E-state index contributed by atoms with van der Waals surface area (Å²) < 4.78 is 57.6. The molecule has 0 amide bonds. The van der Waals surface area contributed by atoms with Gasteiger partial charge in [0.05, 0.1) is 4.91 Å². The molecule has 2 aromatic rings. The normalized spacial score (nSPS) is 14.8. The molecular formula is C22H26F2N2O3S. The maximum atomic E-state index is 12.8. The van der Waals surface area contributed by atoms with Crippen LogP contribution in [0.3, 0.4) is 0 Å². The van der Waals surface area contributed by atoms with E-state index in [4.69, 9.17) is 0 Å². The van der Waals surface area contributed by atoms with E-state index in [1.807, 2.05) is 50.2 Å². The summed E-state index contributed by atoms with van der Waals surface area (Å²) >= 11 is 0. The van der Waals surface area contributed by atoms with Gasteiger partial charge in [-0.05, 0) is 73.2 Å². The second kappa shape index (κ2) is 9.14. The van der Waals surface area contributed by atoms with Crippen LogP contribution in [0.5, 0.6) is 5.75 Å². The van der Waals surface area contributed by atoms with E-state index in [0.29, 0.717) is 29.7 Å². The number of benzene rings is 2. The van der Waals surface area contributed by atoms with Crippen LogP contribution >= 0.6 is 0 Å². The van der Waals surface area contributed by atoms with Gasteiger partial charge in [0, 0.05) is 25.8 Å². The van der Waals surface area contributed by atoms with Crippen molar-refractivity contribution in [3.63, 3.8) is 0 Å². The minimum absolute atomic E-state index is 0.0792. The van der Waals surface area contributed by atoms with E-state index >= 15 is 0 Å². The highest BCUT2D eigenvalue weighted by Crippen LogP contribution is 2.30. The monoisotopic (exact) mass is 436 g/mol. The number of rotatable bonds is 8. The molecule has 0 fully saturated rings. The fourth-order valence-corrected chi connectivity index (χ4v) is 4.91. The van der Waals surface area contributed by atoms with Gasteiger partial charge in [0.2, 0.25) is 10.0 Å². The van der Waals surface area contributed by atoms with Crippen molar-refractivity contribution in [3.8, 4) is 5.75 Å². The highest BCUT2D eigenvalue weighted by atomic mass is 32.2. The van der Waals surface area contributed by atoms with Crippen LogP contribution in [0.4, 0.5) is 14.5 Å². The van der Waals surface area contributed by atoms with Crippen molar-refractivity contribution >= 4 is 21.8 Å². The second-order valence-corrected chi connectivity index (χ2v) is 9.40. The second-order valence-electron chi connectivity index (χ2n) is 7.64. The van der Waals surface area contributed by atoms with Crippen LogP contribution in [-0.2, 0) is 22.9 Å². The third kappa shape index (κ3) is 5.58. The van der Waals surface area contributed by atoms with Crippen molar-refractivity contribution in [1.29, 1.82) is 0 Å². The van der Waals surface area contributed by atoms with Gasteiger partial charge in [0.1, 0.15) is 5.75 Å². The van der Waals surface area contributed by atoms with Crippen molar-refractivity contribution in [2.75, 3.05) is 19.0 Å². The lowest BCUT2D eigenvalue weighted by Gasteiger charge is -2.20. The summed E-state index contributed by atoms with van der Waals surface area (Å²) in [5.41, 5.74) is 3.63. The van der Waals surface area contributed by atoms with E-state index in [2.05, 4.69) is 9.46 Å². The molecule has 1 aliphatic carbocycles. The molecule has 0 saturated heterocycles. The first-order chi connectivity index (χ1) is 14.1. The van der Waals surface area contributed by atoms with Crippen LogP contribution in [-0.4, -0.2) is 35.2 Å². The summed E-state index contributed by atoms with van der Waals surface area (Å²) in [6, 6.07) is 12.3. The molecule has 0 aliphatic heterocycles. The van der Waals surface area contributed by atoms with Gasteiger partial charge in [-0.1, -0.05) is 18.2 Å². The summed E-state index contributed by atoms with van der Waals surface area (Å²) in [7, 11) is 0.289. The topological polar surface area (TPSA) is 58.6 Å². The maximum Gasteiger partial charge on any atom is 0.387 e. The zero-order valence-electron chi connectivity index (χ0n) is 17.2. The van der Waals surface area contributed by atoms with Gasteiger partial charge >= 0.3 is 6.61 Å². The molecular weight excluding hydrogens is 410 g/mol. The number of halogens is 2. The minimum Gasteiger partial charge on any atom is -0.435 e. The number of ether oxygens (including phenoxy) is 1. The standard InChI is InChI=1S/C22H26F2N2O3S/c1-15(12-16-4-8-19(9-5-16)26(2)3)25-30(27,28)21-11-7-17-13-20(29-22(23)24)10-6-18(17)14-21/h4-6,8-10,13-15,22,25H,7,11-12H2,1-3H3. The van der Waals surface area contributed by atoms with Gasteiger partial charge in [0.15, 0.2) is 0 Å². The molecule has 5 nitrogen and oxygen atoms in total. The number of hydrogen-bond donors (Lipinski definition) is 1. The highest BCUT2D eigenvalue weighted by Gasteiger charge is 2.24. The Morgan fingerprint density at radius 3 is 2.43 bits per heavy atom. The quantitative estimate of drug-likeness (QED) is 0.674. The summed E-state index contributed by atoms with van der Waals surface area (Å²) in [4.78, 5) is 2.30. The Hall–Kier alpha value is -2.45.